The first-order valence-electron chi connectivity index (χ1n) is 19.7. The third-order valence-electron chi connectivity index (χ3n) is 10.1. The Kier molecular flexibility index (Phi) is 14.0. The smallest absolute Gasteiger partial charge is 0.409 e. The van der Waals surface area contributed by atoms with E-state index in [1.165, 1.54) is 18.2 Å². The second kappa shape index (κ2) is 19.8. The predicted octanol–water partition coefficient (Wildman–Crippen LogP) is 3.13. The number of nitrogens with zero attached hydrogens (tertiary/aromatic N) is 5. The van der Waals surface area contributed by atoms with Crippen molar-refractivity contribution in [3.63, 3.8) is 0 Å². The summed E-state index contributed by atoms with van der Waals surface area (Å²) in [5, 5.41) is 17.6. The number of benzene rings is 2. The van der Waals surface area contributed by atoms with Gasteiger partial charge in [-0.25, -0.2) is 9.79 Å². The van der Waals surface area contributed by atoms with E-state index >= 15 is 0 Å². The first-order chi connectivity index (χ1) is 29.9. The summed E-state index contributed by atoms with van der Waals surface area (Å²) in [6, 6.07) is 10.6. The number of thiophene rings is 1. The Morgan fingerprint density at radius 3 is 2.27 bits per heavy atom. The molecule has 0 saturated carbocycles. The molecule has 2 aromatic heterocycles. The minimum atomic E-state index is -1.12. The molecule has 6 amide bonds. The molecule has 1 fully saturated rings. The number of rotatable bonds is 18. The molecule has 2 aromatic carbocycles. The van der Waals surface area contributed by atoms with Gasteiger partial charge in [-0.2, -0.15) is 0 Å². The number of aryl methyl sites for hydroxylation is 2. The average molecular weight is 891 g/mol. The average Bonchev–Trinajstić information content (AvgIpc) is 3.83. The van der Waals surface area contributed by atoms with Gasteiger partial charge in [0, 0.05) is 40.5 Å². The number of amides is 6. The Morgan fingerprint density at radius 2 is 1.56 bits per heavy atom. The van der Waals surface area contributed by atoms with Gasteiger partial charge in [-0.05, 0) is 57.0 Å². The first kappa shape index (κ1) is 44.0. The number of carbonyl (C=O) groups is 6. The Hall–Kier alpha value is -6.06. The van der Waals surface area contributed by atoms with Gasteiger partial charge in [0.2, 0.25) is 17.6 Å². The van der Waals surface area contributed by atoms with Crippen LogP contribution < -0.4 is 20.7 Å². The third kappa shape index (κ3) is 9.68. The van der Waals surface area contributed by atoms with Crippen LogP contribution in [0.1, 0.15) is 73.0 Å². The maximum Gasteiger partial charge on any atom is 0.409 e. The number of aromatic nitrogens is 3. The SMILES string of the molecule is Cc1sc2c(c1C)C(c1ccc(Cl)cc1)=NC(OC(=O)NCCOCCOCCOCCNC(=O)COc1cccc3c1C(=O)N(C1CCC(=O)NC1=O)C3=O)c1nnc(C)n1-2. The van der Waals surface area contributed by atoms with Crippen LogP contribution in [0.25, 0.3) is 5.00 Å². The molecule has 2 unspecified atom stereocenters. The number of halogens is 1. The molecule has 4 aromatic rings. The van der Waals surface area contributed by atoms with E-state index in [1.54, 1.807) is 23.5 Å². The lowest BCUT2D eigenvalue weighted by atomic mass is 10.00. The van der Waals surface area contributed by atoms with Crippen LogP contribution in [-0.4, -0.2) is 126 Å². The Bertz CT molecular complexity index is 2420. The quantitative estimate of drug-likeness (QED) is 0.0965. The van der Waals surface area contributed by atoms with Gasteiger partial charge in [0.05, 0.1) is 56.5 Å². The van der Waals surface area contributed by atoms with Crippen LogP contribution in [0.15, 0.2) is 47.5 Å². The van der Waals surface area contributed by atoms with Crippen molar-refractivity contribution in [3.05, 3.63) is 91.8 Å². The summed E-state index contributed by atoms with van der Waals surface area (Å²) in [5.74, 6) is -2.04. The van der Waals surface area contributed by atoms with Gasteiger partial charge < -0.3 is 34.3 Å². The van der Waals surface area contributed by atoms with Crippen LogP contribution in [0.5, 0.6) is 5.75 Å². The molecule has 0 radical (unpaired) electrons. The number of carbonyl (C=O) groups excluding carboxylic acids is 6. The van der Waals surface area contributed by atoms with Crippen LogP contribution in [0, 0.1) is 20.8 Å². The third-order valence-corrected chi connectivity index (χ3v) is 11.5. The topological polar surface area (TPSA) is 231 Å². The molecule has 3 aliphatic rings. The fourth-order valence-electron chi connectivity index (χ4n) is 6.95. The van der Waals surface area contributed by atoms with Gasteiger partial charge in [-0.15, -0.1) is 21.5 Å². The molecule has 7 rings (SSSR count). The number of nitrogens with one attached hydrogen (secondary N) is 3. The molecular weight excluding hydrogens is 848 g/mol. The lowest BCUT2D eigenvalue weighted by Gasteiger charge is -2.27. The normalized spacial score (nSPS) is 16.8. The van der Waals surface area contributed by atoms with Gasteiger partial charge in [-0.3, -0.25) is 38.8 Å². The van der Waals surface area contributed by atoms with Gasteiger partial charge in [0.1, 0.15) is 22.6 Å². The lowest BCUT2D eigenvalue weighted by molar-refractivity contribution is -0.136. The number of ether oxygens (including phenoxy) is 5. The molecule has 3 aliphatic heterocycles. The Labute approximate surface area is 364 Å². The molecule has 19 nitrogen and oxygen atoms in total. The number of hydrogen-bond donors (Lipinski definition) is 3. The van der Waals surface area contributed by atoms with Crippen molar-refractivity contribution in [3.8, 4) is 10.8 Å². The Morgan fingerprint density at radius 1 is 0.871 bits per heavy atom. The summed E-state index contributed by atoms with van der Waals surface area (Å²) >= 11 is 7.78. The molecule has 0 aliphatic carbocycles. The summed E-state index contributed by atoms with van der Waals surface area (Å²) in [5.41, 5.74) is 3.44. The van der Waals surface area contributed by atoms with Crippen LogP contribution in [0.4, 0.5) is 4.79 Å². The largest absolute Gasteiger partial charge is 0.483 e. The summed E-state index contributed by atoms with van der Waals surface area (Å²) in [7, 11) is 0. The minimum absolute atomic E-state index is 0.00174. The number of fused-ring (bicyclic) bond motifs is 4. The predicted molar refractivity (Wildman–Crippen MR) is 222 cm³/mol. The molecule has 21 heteroatoms. The zero-order valence-electron chi connectivity index (χ0n) is 34.0. The Balaban J connectivity index is 0.760. The van der Waals surface area contributed by atoms with E-state index < -0.39 is 54.5 Å². The highest BCUT2D eigenvalue weighted by Gasteiger charge is 2.46. The number of hydrogen-bond acceptors (Lipinski definition) is 15. The van der Waals surface area contributed by atoms with Gasteiger partial charge in [-0.1, -0.05) is 29.8 Å². The van der Waals surface area contributed by atoms with E-state index in [0.717, 1.165) is 31.5 Å². The fourth-order valence-corrected chi connectivity index (χ4v) is 8.29. The van der Waals surface area contributed by atoms with Crippen molar-refractivity contribution in [2.45, 2.75) is 45.9 Å². The van der Waals surface area contributed by atoms with Crippen LogP contribution in [0.3, 0.4) is 0 Å². The van der Waals surface area contributed by atoms with E-state index in [4.69, 9.17) is 40.3 Å². The van der Waals surface area contributed by atoms with Gasteiger partial charge in [0.25, 0.3) is 23.9 Å². The van der Waals surface area contributed by atoms with Gasteiger partial charge in [0.15, 0.2) is 6.61 Å². The molecule has 2 atom stereocenters. The standard InChI is InChI=1S/C41H43ClN8O11S/c1-22-23(2)62-40-32(22)34(25-7-9-26(42)10-8-25)46-37(35-48-47-24(3)49(35)40)61-41(56)44-14-16-58-18-20-59-19-17-57-15-13-43-31(52)21-60-29-6-4-5-27-33(29)39(55)50(38(27)54)28-11-12-30(51)45-36(28)53/h4-10,28,37H,11-21H2,1-3H3,(H,43,52)(H,44,56)(H,45,51,53). The molecular formula is C41H43ClN8O11S. The summed E-state index contributed by atoms with van der Waals surface area (Å²) in [6.07, 6.45) is -1.75. The van der Waals surface area contributed by atoms with Crippen molar-refractivity contribution < 1.29 is 52.5 Å². The molecule has 0 spiro atoms. The second-order valence-corrected chi connectivity index (χ2v) is 15.8. The highest BCUT2D eigenvalue weighted by Crippen LogP contribution is 2.39. The number of alkyl carbamates (subject to hydrolysis) is 1. The van der Waals surface area contributed by atoms with Crippen LogP contribution in [0.2, 0.25) is 5.02 Å². The summed E-state index contributed by atoms with van der Waals surface area (Å²) in [6.45, 7) is 7.34. The van der Waals surface area contributed by atoms with Crippen molar-refractivity contribution in [2.24, 2.45) is 4.99 Å². The zero-order chi connectivity index (χ0) is 43.9. The van der Waals surface area contributed by atoms with E-state index in [2.05, 4.69) is 26.1 Å². The maximum absolute atomic E-state index is 13.2. The fraction of sp³-hybridized carbons (Fsp3) is 0.390. The zero-order valence-corrected chi connectivity index (χ0v) is 35.6. The highest BCUT2D eigenvalue weighted by molar-refractivity contribution is 7.15. The molecule has 62 heavy (non-hydrogen) atoms. The molecule has 5 heterocycles. The molecule has 3 N–H and O–H groups in total. The van der Waals surface area contributed by atoms with Crippen molar-refractivity contribution in [1.82, 2.24) is 35.6 Å². The number of piperidine rings is 1. The van der Waals surface area contributed by atoms with E-state index in [-0.39, 0.29) is 82.4 Å². The lowest BCUT2D eigenvalue weighted by Crippen LogP contribution is -2.54. The molecule has 0 bridgehead atoms. The first-order valence-corrected chi connectivity index (χ1v) is 20.9. The maximum atomic E-state index is 13.2. The summed E-state index contributed by atoms with van der Waals surface area (Å²) < 4.78 is 29.9. The monoisotopic (exact) mass is 890 g/mol. The number of imide groups is 2. The number of aliphatic imine (C=N–C) groups is 1. The van der Waals surface area contributed by atoms with E-state index in [0.29, 0.717) is 22.4 Å². The van der Waals surface area contributed by atoms with Crippen LogP contribution in [-0.2, 0) is 33.3 Å². The highest BCUT2D eigenvalue weighted by atomic mass is 35.5. The van der Waals surface area contributed by atoms with Crippen molar-refractivity contribution >= 4 is 64.3 Å². The molecule has 326 valence electrons. The summed E-state index contributed by atoms with van der Waals surface area (Å²) in [4.78, 5) is 82.3. The molecule has 1 saturated heterocycles. The second-order valence-electron chi connectivity index (χ2n) is 14.2. The van der Waals surface area contributed by atoms with Crippen LogP contribution >= 0.6 is 22.9 Å². The van der Waals surface area contributed by atoms with Crippen molar-refractivity contribution in [2.75, 3.05) is 59.3 Å². The van der Waals surface area contributed by atoms with E-state index in [1.807, 2.05) is 37.5 Å². The minimum Gasteiger partial charge on any atom is -0.483 e. The van der Waals surface area contributed by atoms with Crippen molar-refractivity contribution in [1.29, 1.82) is 0 Å². The van der Waals surface area contributed by atoms with Gasteiger partial charge >= 0.3 is 6.09 Å². The van der Waals surface area contributed by atoms with E-state index in [9.17, 15) is 28.8 Å².